The number of aryl methyl sites for hydroxylation is 1. The summed E-state index contributed by atoms with van der Waals surface area (Å²) in [6.07, 6.45) is 3.31. The van der Waals surface area contributed by atoms with E-state index >= 15 is 0 Å². The average Bonchev–Trinajstić information content (AvgIpc) is 3.03. The van der Waals surface area contributed by atoms with Crippen molar-refractivity contribution in [1.29, 1.82) is 0 Å². The number of H-pyrrole nitrogens is 1. The molecule has 0 aliphatic heterocycles. The minimum atomic E-state index is -1.52. The third-order valence-corrected chi connectivity index (χ3v) is 5.06. The predicted molar refractivity (Wildman–Crippen MR) is 95.3 cm³/mol. The van der Waals surface area contributed by atoms with E-state index in [1.165, 1.54) is 12.5 Å². The van der Waals surface area contributed by atoms with Crippen LogP contribution in [0.5, 0.6) is 0 Å². The zero-order valence-corrected chi connectivity index (χ0v) is 14.9. The molecular weight excluding hydrogens is 362 g/mol. The van der Waals surface area contributed by atoms with E-state index in [-0.39, 0.29) is 11.3 Å². The Morgan fingerprint density at radius 3 is 2.81 bits per heavy atom. The second-order valence-electron chi connectivity index (χ2n) is 5.65. The van der Waals surface area contributed by atoms with E-state index in [2.05, 4.69) is 19.7 Å². The predicted octanol–water partition coefficient (Wildman–Crippen LogP) is 3.26. The summed E-state index contributed by atoms with van der Waals surface area (Å²) in [5.41, 5.74) is 0.0865. The van der Waals surface area contributed by atoms with Gasteiger partial charge in [-0.05, 0) is 25.5 Å². The Morgan fingerprint density at radius 1 is 1.31 bits per heavy atom. The average molecular weight is 378 g/mol. The number of anilines is 1. The standard InChI is InChI=1S/C17H16F2N4O2S/c1-3-6-26(25)23-12-5-4-11(18)14(15(12)19)16(24)10-7-20-17-13(10)9(2)21-8-22-17/h4-5,7-8,23H,3,6H2,1-2H3,(H,20,21,22). The Bertz CT molecular complexity index is 1020. The van der Waals surface area contributed by atoms with Gasteiger partial charge in [0.05, 0.1) is 27.9 Å². The molecule has 2 N–H and O–H groups in total. The van der Waals surface area contributed by atoms with Crippen LogP contribution < -0.4 is 4.72 Å². The van der Waals surface area contributed by atoms with Gasteiger partial charge in [0.2, 0.25) is 5.78 Å². The van der Waals surface area contributed by atoms with Crippen molar-refractivity contribution in [1.82, 2.24) is 15.0 Å². The Labute approximate surface area is 150 Å². The van der Waals surface area contributed by atoms with E-state index in [9.17, 15) is 17.8 Å². The van der Waals surface area contributed by atoms with Gasteiger partial charge in [0.25, 0.3) is 0 Å². The number of ketones is 1. The third kappa shape index (κ3) is 3.22. The number of aromatic nitrogens is 3. The fourth-order valence-electron chi connectivity index (χ4n) is 2.63. The zero-order valence-electron chi connectivity index (χ0n) is 14.1. The maximum atomic E-state index is 14.8. The second kappa shape index (κ2) is 7.28. The molecule has 0 spiro atoms. The number of carbonyl (C=O) groups is 1. The lowest BCUT2D eigenvalue weighted by atomic mass is 10.0. The summed E-state index contributed by atoms with van der Waals surface area (Å²) in [6.45, 7) is 3.50. The number of nitrogens with zero attached hydrogens (tertiary/aromatic N) is 2. The zero-order chi connectivity index (χ0) is 18.8. The summed E-state index contributed by atoms with van der Waals surface area (Å²) < 4.78 is 43.3. The van der Waals surface area contributed by atoms with Crippen molar-refractivity contribution in [2.45, 2.75) is 20.3 Å². The molecule has 0 aliphatic rings. The maximum Gasteiger partial charge on any atom is 0.201 e. The topological polar surface area (TPSA) is 87.7 Å². The molecule has 0 radical (unpaired) electrons. The number of hydrogen-bond donors (Lipinski definition) is 2. The second-order valence-corrected chi connectivity index (χ2v) is 6.95. The van der Waals surface area contributed by atoms with Gasteiger partial charge in [0.15, 0.2) is 5.82 Å². The molecule has 9 heteroatoms. The van der Waals surface area contributed by atoms with Crippen LogP contribution in [0.3, 0.4) is 0 Å². The normalized spacial score (nSPS) is 12.3. The molecule has 3 rings (SSSR count). The molecule has 0 fully saturated rings. The fraction of sp³-hybridized carbons (Fsp3) is 0.235. The molecule has 0 aliphatic carbocycles. The van der Waals surface area contributed by atoms with Gasteiger partial charge >= 0.3 is 0 Å². The van der Waals surface area contributed by atoms with Crippen LogP contribution in [0, 0.1) is 18.6 Å². The van der Waals surface area contributed by atoms with Crippen LogP contribution in [0.4, 0.5) is 14.5 Å². The van der Waals surface area contributed by atoms with Crippen molar-refractivity contribution in [2.24, 2.45) is 0 Å². The summed E-state index contributed by atoms with van der Waals surface area (Å²) in [5, 5.41) is 0.407. The number of fused-ring (bicyclic) bond motifs is 1. The first-order valence-corrected chi connectivity index (χ1v) is 9.22. The van der Waals surface area contributed by atoms with Crippen LogP contribution in [-0.4, -0.2) is 30.7 Å². The van der Waals surface area contributed by atoms with E-state index in [0.717, 1.165) is 12.1 Å². The highest BCUT2D eigenvalue weighted by Crippen LogP contribution is 2.27. The first kappa shape index (κ1) is 18.1. The summed E-state index contributed by atoms with van der Waals surface area (Å²) in [4.78, 5) is 23.6. The van der Waals surface area contributed by atoms with Gasteiger partial charge in [-0.25, -0.2) is 23.0 Å². The minimum absolute atomic E-state index is 0.0720. The highest BCUT2D eigenvalue weighted by molar-refractivity contribution is 7.86. The first-order chi connectivity index (χ1) is 12.4. The Balaban J connectivity index is 2.08. The molecule has 1 aromatic carbocycles. The van der Waals surface area contributed by atoms with Crippen LogP contribution in [0.25, 0.3) is 11.0 Å². The minimum Gasteiger partial charge on any atom is -0.345 e. The van der Waals surface area contributed by atoms with Gasteiger partial charge in [0.1, 0.15) is 28.8 Å². The summed E-state index contributed by atoms with van der Waals surface area (Å²) in [6, 6.07) is 2.10. The summed E-state index contributed by atoms with van der Waals surface area (Å²) in [5.74, 6) is -2.61. The van der Waals surface area contributed by atoms with Crippen LogP contribution in [0.2, 0.25) is 0 Å². The number of aromatic amines is 1. The van der Waals surface area contributed by atoms with Crippen LogP contribution >= 0.6 is 0 Å². The van der Waals surface area contributed by atoms with Gasteiger partial charge in [-0.1, -0.05) is 6.92 Å². The molecule has 3 aromatic rings. The lowest BCUT2D eigenvalue weighted by Gasteiger charge is -2.10. The van der Waals surface area contributed by atoms with Crippen molar-refractivity contribution in [3.05, 3.63) is 53.1 Å². The molecular formula is C17H16F2N4O2S. The molecule has 0 amide bonds. The van der Waals surface area contributed by atoms with Crippen molar-refractivity contribution in [3.8, 4) is 0 Å². The van der Waals surface area contributed by atoms with Gasteiger partial charge in [-0.3, -0.25) is 4.79 Å². The molecule has 2 aromatic heterocycles. The van der Waals surface area contributed by atoms with Gasteiger partial charge in [-0.15, -0.1) is 0 Å². The third-order valence-electron chi connectivity index (χ3n) is 3.84. The van der Waals surface area contributed by atoms with Crippen LogP contribution in [0.15, 0.2) is 24.7 Å². The monoisotopic (exact) mass is 378 g/mol. The molecule has 1 unspecified atom stereocenters. The number of nitrogens with one attached hydrogen (secondary N) is 2. The quantitative estimate of drug-likeness (QED) is 0.645. The number of halogens is 2. The van der Waals surface area contributed by atoms with E-state index in [4.69, 9.17) is 0 Å². The molecule has 26 heavy (non-hydrogen) atoms. The number of carbonyl (C=O) groups excluding carboxylic acids is 1. The molecule has 0 saturated carbocycles. The van der Waals surface area contributed by atoms with Gasteiger partial charge in [0, 0.05) is 11.9 Å². The van der Waals surface area contributed by atoms with Crippen molar-refractivity contribution in [3.63, 3.8) is 0 Å². The maximum absolute atomic E-state index is 14.8. The van der Waals surface area contributed by atoms with E-state index in [0.29, 0.717) is 28.9 Å². The van der Waals surface area contributed by atoms with Crippen LogP contribution in [0.1, 0.15) is 35.0 Å². The Hall–Kier alpha value is -2.68. The lowest BCUT2D eigenvalue weighted by molar-refractivity contribution is 0.103. The first-order valence-electron chi connectivity index (χ1n) is 7.90. The van der Waals surface area contributed by atoms with Gasteiger partial charge in [-0.2, -0.15) is 0 Å². The van der Waals surface area contributed by atoms with Crippen molar-refractivity contribution in [2.75, 3.05) is 10.5 Å². The van der Waals surface area contributed by atoms with E-state index in [1.807, 2.05) is 6.92 Å². The highest BCUT2D eigenvalue weighted by atomic mass is 32.2. The Morgan fingerprint density at radius 2 is 2.08 bits per heavy atom. The van der Waals surface area contributed by atoms with E-state index in [1.54, 1.807) is 6.92 Å². The Kier molecular flexibility index (Phi) is 5.08. The fourth-order valence-corrected chi connectivity index (χ4v) is 3.51. The smallest absolute Gasteiger partial charge is 0.201 e. The molecule has 0 bridgehead atoms. The van der Waals surface area contributed by atoms with E-state index < -0.39 is 34.0 Å². The SMILES string of the molecule is CCCS(=O)Nc1ccc(F)c(C(=O)c2c[nH]c3ncnc(C)c23)c1F. The summed E-state index contributed by atoms with van der Waals surface area (Å²) in [7, 11) is -1.52. The number of hydrogen-bond acceptors (Lipinski definition) is 4. The highest BCUT2D eigenvalue weighted by Gasteiger charge is 2.25. The molecule has 6 nitrogen and oxygen atoms in total. The molecule has 136 valence electrons. The number of benzene rings is 1. The molecule has 2 heterocycles. The largest absolute Gasteiger partial charge is 0.345 e. The number of rotatable bonds is 6. The lowest BCUT2D eigenvalue weighted by Crippen LogP contribution is -2.13. The van der Waals surface area contributed by atoms with Crippen molar-refractivity contribution >= 4 is 33.5 Å². The summed E-state index contributed by atoms with van der Waals surface area (Å²) >= 11 is 0. The van der Waals surface area contributed by atoms with Crippen molar-refractivity contribution < 1.29 is 17.8 Å². The molecule has 0 saturated heterocycles. The van der Waals surface area contributed by atoms with Gasteiger partial charge < -0.3 is 9.71 Å². The van der Waals surface area contributed by atoms with Crippen LogP contribution in [-0.2, 0) is 11.0 Å². The molecule has 1 atom stereocenters.